The number of carbonyl (C=O) groups is 2. The van der Waals surface area contributed by atoms with Gasteiger partial charge in [-0.3, -0.25) is 4.79 Å². The topological polar surface area (TPSA) is 101 Å². The molecule has 0 spiro atoms. The minimum Gasteiger partial charge on any atom is -0.480 e. The normalized spacial score (nSPS) is 12.4. The lowest BCUT2D eigenvalue weighted by molar-refractivity contribution is -0.141. The molecule has 1 atom stereocenters. The van der Waals surface area contributed by atoms with E-state index in [1.807, 2.05) is 19.9 Å². The highest BCUT2D eigenvalue weighted by molar-refractivity contribution is 5.93. The monoisotopic (exact) mass is 291 g/mol. The van der Waals surface area contributed by atoms with Crippen LogP contribution in [0.3, 0.4) is 0 Å². The molecule has 0 aliphatic heterocycles. The summed E-state index contributed by atoms with van der Waals surface area (Å²) < 4.78 is 1.47. The van der Waals surface area contributed by atoms with Crippen LogP contribution in [0.1, 0.15) is 35.9 Å². The third kappa shape index (κ3) is 2.69. The van der Waals surface area contributed by atoms with Crippen LogP contribution < -0.4 is 0 Å². The van der Waals surface area contributed by atoms with Gasteiger partial charge in [0.05, 0.1) is 0 Å². The quantitative estimate of drug-likeness (QED) is 0.888. The molecule has 0 radical (unpaired) electrons. The Kier molecular flexibility index (Phi) is 3.88. The predicted octanol–water partition coefficient (Wildman–Crippen LogP) is 0.676. The molecule has 21 heavy (non-hydrogen) atoms. The molecule has 1 N–H and O–H groups in total. The molecule has 0 aromatic carbocycles. The van der Waals surface area contributed by atoms with E-state index in [9.17, 15) is 9.59 Å². The highest BCUT2D eigenvalue weighted by Gasteiger charge is 2.28. The van der Waals surface area contributed by atoms with Crippen molar-refractivity contribution in [2.24, 2.45) is 0 Å². The second kappa shape index (κ2) is 5.47. The van der Waals surface area contributed by atoms with Crippen molar-refractivity contribution in [3.8, 4) is 0 Å². The Morgan fingerprint density at radius 1 is 1.38 bits per heavy atom. The predicted molar refractivity (Wildman–Crippen MR) is 74.1 cm³/mol. The van der Waals surface area contributed by atoms with Crippen molar-refractivity contribution in [2.75, 3.05) is 6.54 Å². The molecule has 1 unspecified atom stereocenters. The van der Waals surface area contributed by atoms with Gasteiger partial charge in [0, 0.05) is 17.9 Å². The minimum absolute atomic E-state index is 0.0499. The number of aliphatic carboxylic acids is 1. The van der Waals surface area contributed by atoms with E-state index in [1.54, 1.807) is 6.92 Å². The fourth-order valence-corrected chi connectivity index (χ4v) is 2.11. The molecule has 0 bridgehead atoms. The van der Waals surface area contributed by atoms with Crippen molar-refractivity contribution in [1.29, 1.82) is 0 Å². The Labute approximate surface area is 121 Å². The largest absolute Gasteiger partial charge is 0.480 e. The number of carboxylic acid groups (broad SMARTS) is 1. The lowest BCUT2D eigenvalue weighted by Crippen LogP contribution is -2.43. The molecule has 2 aromatic heterocycles. The number of amides is 1. The average Bonchev–Trinajstić information content (AvgIpc) is 2.83. The third-order valence-corrected chi connectivity index (χ3v) is 3.24. The van der Waals surface area contributed by atoms with Crippen molar-refractivity contribution in [2.45, 2.75) is 33.7 Å². The van der Waals surface area contributed by atoms with Crippen molar-refractivity contribution < 1.29 is 14.7 Å². The zero-order chi connectivity index (χ0) is 15.7. The second-order valence-corrected chi connectivity index (χ2v) is 4.79. The Morgan fingerprint density at radius 2 is 2.05 bits per heavy atom. The van der Waals surface area contributed by atoms with E-state index in [0.717, 1.165) is 11.4 Å². The van der Waals surface area contributed by atoms with Crippen LogP contribution in [0.2, 0.25) is 0 Å². The SMILES string of the molecule is CCN(C(=O)c1nc2nc(C)cc(C)n2n1)C(C)C(=O)O. The number of hydrogen-bond acceptors (Lipinski definition) is 5. The smallest absolute Gasteiger partial charge is 0.326 e. The van der Waals surface area contributed by atoms with Crippen LogP contribution in [0.25, 0.3) is 5.78 Å². The summed E-state index contributed by atoms with van der Waals surface area (Å²) in [6.45, 7) is 7.08. The molecule has 8 heteroatoms. The van der Waals surface area contributed by atoms with Gasteiger partial charge in [0.15, 0.2) is 0 Å². The van der Waals surface area contributed by atoms with Crippen LogP contribution in [0, 0.1) is 13.8 Å². The van der Waals surface area contributed by atoms with Gasteiger partial charge < -0.3 is 10.0 Å². The number of aromatic nitrogens is 4. The zero-order valence-corrected chi connectivity index (χ0v) is 12.4. The number of hydrogen-bond donors (Lipinski definition) is 1. The van der Waals surface area contributed by atoms with Gasteiger partial charge in [0.2, 0.25) is 5.82 Å². The number of likely N-dealkylation sites (N-methyl/N-ethyl adjacent to an activating group) is 1. The van der Waals surface area contributed by atoms with E-state index in [-0.39, 0.29) is 12.4 Å². The number of nitrogens with zero attached hydrogens (tertiary/aromatic N) is 5. The van der Waals surface area contributed by atoms with Gasteiger partial charge in [-0.1, -0.05) is 0 Å². The number of carbonyl (C=O) groups excluding carboxylic acids is 1. The van der Waals surface area contributed by atoms with Crippen molar-refractivity contribution in [3.63, 3.8) is 0 Å². The minimum atomic E-state index is -1.07. The standard InChI is InChI=1S/C13H17N5O3/c1-5-17(9(4)12(20)21)11(19)10-15-13-14-7(2)6-8(3)18(13)16-10/h6,9H,5H2,1-4H3,(H,20,21). The van der Waals surface area contributed by atoms with Gasteiger partial charge in [0.25, 0.3) is 11.7 Å². The van der Waals surface area contributed by atoms with Crippen LogP contribution in [-0.2, 0) is 4.79 Å². The summed E-state index contributed by atoms with van der Waals surface area (Å²) in [6.07, 6.45) is 0. The van der Waals surface area contributed by atoms with E-state index in [0.29, 0.717) is 5.78 Å². The van der Waals surface area contributed by atoms with Gasteiger partial charge in [-0.2, -0.15) is 4.98 Å². The van der Waals surface area contributed by atoms with Crippen molar-refractivity contribution in [3.05, 3.63) is 23.3 Å². The van der Waals surface area contributed by atoms with Crippen LogP contribution in [-0.4, -0.2) is 54.1 Å². The first-order chi connectivity index (χ1) is 9.85. The highest BCUT2D eigenvalue weighted by atomic mass is 16.4. The van der Waals surface area contributed by atoms with Crippen LogP contribution in [0.5, 0.6) is 0 Å². The highest BCUT2D eigenvalue weighted by Crippen LogP contribution is 2.09. The molecule has 0 aliphatic rings. The summed E-state index contributed by atoms with van der Waals surface area (Å²) >= 11 is 0. The second-order valence-electron chi connectivity index (χ2n) is 4.79. The first kappa shape index (κ1) is 14.9. The Bertz CT molecular complexity index is 709. The maximum Gasteiger partial charge on any atom is 0.326 e. The summed E-state index contributed by atoms with van der Waals surface area (Å²) in [7, 11) is 0. The van der Waals surface area contributed by atoms with E-state index in [1.165, 1.54) is 16.3 Å². The summed E-state index contributed by atoms with van der Waals surface area (Å²) in [5, 5.41) is 13.2. The first-order valence-electron chi connectivity index (χ1n) is 6.60. The molecule has 2 heterocycles. The van der Waals surface area contributed by atoms with E-state index in [4.69, 9.17) is 5.11 Å². The Morgan fingerprint density at radius 3 is 2.62 bits per heavy atom. The zero-order valence-electron chi connectivity index (χ0n) is 12.4. The summed E-state index contributed by atoms with van der Waals surface area (Å²) in [4.78, 5) is 33.0. The van der Waals surface area contributed by atoms with Crippen LogP contribution in [0.4, 0.5) is 0 Å². The Balaban J connectivity index is 2.43. The molecule has 2 rings (SSSR count). The lowest BCUT2D eigenvalue weighted by Gasteiger charge is -2.23. The fourth-order valence-electron chi connectivity index (χ4n) is 2.11. The van der Waals surface area contributed by atoms with Gasteiger partial charge in [-0.25, -0.2) is 14.3 Å². The first-order valence-corrected chi connectivity index (χ1v) is 6.60. The van der Waals surface area contributed by atoms with Gasteiger partial charge in [-0.15, -0.1) is 5.10 Å². The number of fused-ring (bicyclic) bond motifs is 1. The van der Waals surface area contributed by atoms with Crippen LogP contribution >= 0.6 is 0 Å². The van der Waals surface area contributed by atoms with Crippen molar-refractivity contribution >= 4 is 17.7 Å². The maximum atomic E-state index is 12.4. The summed E-state index contributed by atoms with van der Waals surface area (Å²) in [5.74, 6) is -1.31. The number of rotatable bonds is 4. The fraction of sp³-hybridized carbons (Fsp3) is 0.462. The molecular weight excluding hydrogens is 274 g/mol. The van der Waals surface area contributed by atoms with Crippen molar-refractivity contribution in [1.82, 2.24) is 24.5 Å². The third-order valence-electron chi connectivity index (χ3n) is 3.24. The number of aryl methyl sites for hydroxylation is 2. The van der Waals surface area contributed by atoms with E-state index < -0.39 is 17.9 Å². The molecule has 1 amide bonds. The van der Waals surface area contributed by atoms with Crippen LogP contribution in [0.15, 0.2) is 6.07 Å². The molecule has 112 valence electrons. The summed E-state index contributed by atoms with van der Waals surface area (Å²) in [5.41, 5.74) is 1.58. The van der Waals surface area contributed by atoms with Gasteiger partial charge in [0.1, 0.15) is 6.04 Å². The van der Waals surface area contributed by atoms with Gasteiger partial charge >= 0.3 is 5.97 Å². The van der Waals surface area contributed by atoms with E-state index >= 15 is 0 Å². The maximum absolute atomic E-state index is 12.4. The lowest BCUT2D eigenvalue weighted by atomic mass is 10.2. The average molecular weight is 291 g/mol. The Hall–Kier alpha value is -2.51. The molecule has 2 aromatic rings. The molecule has 0 saturated carbocycles. The van der Waals surface area contributed by atoms with Gasteiger partial charge in [-0.05, 0) is 33.8 Å². The molecule has 8 nitrogen and oxygen atoms in total. The van der Waals surface area contributed by atoms with E-state index in [2.05, 4.69) is 15.1 Å². The molecule has 0 fully saturated rings. The molecule has 0 aliphatic carbocycles. The summed E-state index contributed by atoms with van der Waals surface area (Å²) in [6, 6.07) is 0.887. The molecule has 0 saturated heterocycles. The molecular formula is C13H17N5O3. The number of carboxylic acids is 1.